The van der Waals surface area contributed by atoms with Gasteiger partial charge in [-0.15, -0.1) is 0 Å². The Kier molecular flexibility index (Phi) is 4.41. The van der Waals surface area contributed by atoms with E-state index in [-0.39, 0.29) is 11.3 Å². The van der Waals surface area contributed by atoms with Crippen molar-refractivity contribution < 1.29 is 18.7 Å². The molecule has 2 N–H and O–H groups in total. The molecular formula is C19H18FN3O4. The SMILES string of the molecule is COc1cc(CN2CCc3c(nc(-c4ccco4)[nH]c3=O)C2)cc(F)c1O. The molecule has 27 heavy (non-hydrogen) atoms. The summed E-state index contributed by atoms with van der Waals surface area (Å²) in [5.74, 6) is -0.240. The first-order valence-electron chi connectivity index (χ1n) is 8.49. The molecule has 0 amide bonds. The van der Waals surface area contributed by atoms with Crippen LogP contribution in [0.3, 0.4) is 0 Å². The average Bonchev–Trinajstić information content (AvgIpc) is 3.19. The molecule has 1 aliphatic rings. The number of aromatic amines is 1. The molecular weight excluding hydrogens is 353 g/mol. The highest BCUT2D eigenvalue weighted by atomic mass is 19.1. The molecule has 1 aliphatic heterocycles. The zero-order valence-corrected chi connectivity index (χ0v) is 14.7. The largest absolute Gasteiger partial charge is 0.502 e. The summed E-state index contributed by atoms with van der Waals surface area (Å²) in [5.41, 5.74) is 1.85. The van der Waals surface area contributed by atoms with Crippen molar-refractivity contribution >= 4 is 0 Å². The molecule has 0 fully saturated rings. The number of aromatic nitrogens is 2. The lowest BCUT2D eigenvalue weighted by molar-refractivity contribution is 0.239. The number of aromatic hydroxyl groups is 1. The summed E-state index contributed by atoms with van der Waals surface area (Å²) in [6.45, 7) is 1.54. The first-order valence-corrected chi connectivity index (χ1v) is 8.49. The number of benzene rings is 1. The normalized spacial score (nSPS) is 14.1. The van der Waals surface area contributed by atoms with E-state index in [9.17, 15) is 14.3 Å². The van der Waals surface area contributed by atoms with E-state index >= 15 is 0 Å². The van der Waals surface area contributed by atoms with Gasteiger partial charge in [-0.25, -0.2) is 9.37 Å². The average molecular weight is 371 g/mol. The minimum atomic E-state index is -0.726. The summed E-state index contributed by atoms with van der Waals surface area (Å²) in [7, 11) is 1.38. The van der Waals surface area contributed by atoms with Gasteiger partial charge in [0.15, 0.2) is 28.9 Å². The third-order valence-electron chi connectivity index (χ3n) is 4.62. The van der Waals surface area contributed by atoms with Crippen LogP contribution in [0.25, 0.3) is 11.6 Å². The number of furan rings is 1. The molecule has 8 heteroatoms. The number of fused-ring (bicyclic) bond motifs is 1. The molecule has 0 unspecified atom stereocenters. The van der Waals surface area contributed by atoms with Crippen molar-refractivity contribution in [2.45, 2.75) is 19.5 Å². The minimum Gasteiger partial charge on any atom is -0.502 e. The van der Waals surface area contributed by atoms with Gasteiger partial charge in [0.25, 0.3) is 5.56 Å². The number of hydrogen-bond acceptors (Lipinski definition) is 6. The second kappa shape index (κ2) is 6.88. The van der Waals surface area contributed by atoms with E-state index in [2.05, 4.69) is 14.9 Å². The lowest BCUT2D eigenvalue weighted by atomic mass is 10.1. The summed E-state index contributed by atoms with van der Waals surface area (Å²) in [6.07, 6.45) is 2.07. The Labute approximate surface area is 154 Å². The quantitative estimate of drug-likeness (QED) is 0.732. The Morgan fingerprint density at radius 2 is 2.30 bits per heavy atom. The van der Waals surface area contributed by atoms with Crippen LogP contribution in [-0.2, 0) is 19.5 Å². The van der Waals surface area contributed by atoms with Gasteiger partial charge < -0.3 is 19.2 Å². The number of rotatable bonds is 4. The van der Waals surface area contributed by atoms with Gasteiger partial charge in [0, 0.05) is 25.2 Å². The summed E-state index contributed by atoms with van der Waals surface area (Å²) in [5, 5.41) is 9.64. The maximum atomic E-state index is 13.9. The fraction of sp³-hybridized carbons (Fsp3) is 0.263. The number of H-pyrrole nitrogens is 1. The van der Waals surface area contributed by atoms with E-state index in [4.69, 9.17) is 9.15 Å². The van der Waals surface area contributed by atoms with E-state index in [1.54, 1.807) is 18.2 Å². The third-order valence-corrected chi connectivity index (χ3v) is 4.62. The Morgan fingerprint density at radius 3 is 3.04 bits per heavy atom. The Bertz CT molecular complexity index is 1030. The van der Waals surface area contributed by atoms with Crippen molar-refractivity contribution in [1.29, 1.82) is 0 Å². The summed E-state index contributed by atoms with van der Waals surface area (Å²) >= 11 is 0. The summed E-state index contributed by atoms with van der Waals surface area (Å²) in [4.78, 5) is 21.7. The van der Waals surface area contributed by atoms with Crippen LogP contribution >= 0.6 is 0 Å². The molecule has 0 saturated heterocycles. The number of phenols is 1. The Balaban J connectivity index is 1.60. The number of nitrogens with zero attached hydrogens (tertiary/aromatic N) is 2. The molecule has 1 aromatic carbocycles. The van der Waals surface area contributed by atoms with Gasteiger partial charge in [-0.05, 0) is 36.2 Å². The van der Waals surface area contributed by atoms with Crippen molar-refractivity contribution in [1.82, 2.24) is 14.9 Å². The summed E-state index contributed by atoms with van der Waals surface area (Å²) in [6, 6.07) is 6.35. The maximum absolute atomic E-state index is 13.9. The molecule has 0 atom stereocenters. The third kappa shape index (κ3) is 3.31. The number of ether oxygens (including phenoxy) is 1. The van der Waals surface area contributed by atoms with Crippen LogP contribution < -0.4 is 10.3 Å². The summed E-state index contributed by atoms with van der Waals surface area (Å²) < 4.78 is 24.2. The smallest absolute Gasteiger partial charge is 0.254 e. The molecule has 2 aromatic heterocycles. The van der Waals surface area contributed by atoms with Crippen molar-refractivity contribution in [2.24, 2.45) is 0 Å². The van der Waals surface area contributed by atoms with Crippen LogP contribution in [0, 0.1) is 5.82 Å². The van der Waals surface area contributed by atoms with Crippen molar-refractivity contribution in [3.05, 3.63) is 63.5 Å². The zero-order chi connectivity index (χ0) is 19.0. The van der Waals surface area contributed by atoms with Crippen LogP contribution in [0.2, 0.25) is 0 Å². The molecule has 3 heterocycles. The van der Waals surface area contributed by atoms with Crippen molar-refractivity contribution in [3.63, 3.8) is 0 Å². The van der Waals surface area contributed by atoms with Gasteiger partial charge >= 0.3 is 0 Å². The van der Waals surface area contributed by atoms with E-state index in [0.717, 1.165) is 0 Å². The fourth-order valence-corrected chi connectivity index (χ4v) is 3.29. The number of phenolic OH excluding ortho intramolecular Hbond substituents is 1. The monoisotopic (exact) mass is 371 g/mol. The molecule has 0 bridgehead atoms. The van der Waals surface area contributed by atoms with Crippen LogP contribution in [0.5, 0.6) is 11.5 Å². The molecule has 0 saturated carbocycles. The van der Waals surface area contributed by atoms with E-state index in [1.807, 2.05) is 0 Å². The predicted octanol–water partition coefficient (Wildman–Crippen LogP) is 2.44. The zero-order valence-electron chi connectivity index (χ0n) is 14.7. The lowest BCUT2D eigenvalue weighted by Crippen LogP contribution is -2.35. The Hall–Kier alpha value is -3.13. The molecule has 3 aromatic rings. The van der Waals surface area contributed by atoms with E-state index in [1.165, 1.54) is 19.4 Å². The highest BCUT2D eigenvalue weighted by molar-refractivity contribution is 5.47. The number of nitrogens with one attached hydrogen (secondary N) is 1. The minimum absolute atomic E-state index is 0.0945. The van der Waals surface area contributed by atoms with Gasteiger partial charge in [0.05, 0.1) is 19.1 Å². The standard InChI is InChI=1S/C19H18FN3O4/c1-26-16-8-11(7-13(20)17(16)24)9-23-5-4-12-14(10-23)21-18(22-19(12)25)15-3-2-6-27-15/h2-3,6-8,24H,4-5,9-10H2,1H3,(H,21,22,25). The van der Waals surface area contributed by atoms with Gasteiger partial charge in [0.2, 0.25) is 0 Å². The van der Waals surface area contributed by atoms with Crippen LogP contribution in [0.4, 0.5) is 4.39 Å². The van der Waals surface area contributed by atoms with Crippen LogP contribution in [-0.4, -0.2) is 33.6 Å². The highest BCUT2D eigenvalue weighted by Gasteiger charge is 2.22. The molecule has 140 valence electrons. The van der Waals surface area contributed by atoms with Crippen LogP contribution in [0.15, 0.2) is 39.7 Å². The molecule has 0 radical (unpaired) electrons. The highest BCUT2D eigenvalue weighted by Crippen LogP contribution is 2.31. The topological polar surface area (TPSA) is 91.6 Å². The van der Waals surface area contributed by atoms with Gasteiger partial charge in [-0.3, -0.25) is 9.69 Å². The molecule has 7 nitrogen and oxygen atoms in total. The predicted molar refractivity (Wildman–Crippen MR) is 95.0 cm³/mol. The first-order chi connectivity index (χ1) is 13.0. The van der Waals surface area contributed by atoms with E-state index in [0.29, 0.717) is 54.5 Å². The van der Waals surface area contributed by atoms with Crippen LogP contribution in [0.1, 0.15) is 16.8 Å². The maximum Gasteiger partial charge on any atom is 0.254 e. The number of methoxy groups -OCH3 is 1. The second-order valence-corrected chi connectivity index (χ2v) is 6.41. The van der Waals surface area contributed by atoms with Gasteiger partial charge in [-0.2, -0.15) is 0 Å². The van der Waals surface area contributed by atoms with Crippen molar-refractivity contribution in [2.75, 3.05) is 13.7 Å². The molecule has 0 aliphatic carbocycles. The van der Waals surface area contributed by atoms with E-state index < -0.39 is 11.6 Å². The molecule has 0 spiro atoms. The van der Waals surface area contributed by atoms with Crippen molar-refractivity contribution in [3.8, 4) is 23.1 Å². The number of halogens is 1. The first kappa shape index (κ1) is 17.3. The lowest BCUT2D eigenvalue weighted by Gasteiger charge is -2.27. The molecule has 4 rings (SSSR count). The number of hydrogen-bond donors (Lipinski definition) is 2. The second-order valence-electron chi connectivity index (χ2n) is 6.41. The van der Waals surface area contributed by atoms with Gasteiger partial charge in [-0.1, -0.05) is 0 Å². The van der Waals surface area contributed by atoms with Gasteiger partial charge in [0.1, 0.15) is 0 Å². The fourth-order valence-electron chi connectivity index (χ4n) is 3.29. The Morgan fingerprint density at radius 1 is 1.44 bits per heavy atom.